The first-order chi connectivity index (χ1) is 9.78. The van der Waals surface area contributed by atoms with Crippen LogP contribution in [0.25, 0.3) is 0 Å². The zero-order valence-corrected chi connectivity index (χ0v) is 14.0. The molecule has 21 heavy (non-hydrogen) atoms. The quantitative estimate of drug-likeness (QED) is 0.299. The number of rotatable bonds is 9. The molecule has 0 spiro atoms. The Kier molecular flexibility index (Phi) is 12.7. The van der Waals surface area contributed by atoms with Crippen molar-refractivity contribution in [3.05, 3.63) is 24.8 Å². The van der Waals surface area contributed by atoms with Crippen LogP contribution in [0, 0.1) is 0 Å². The maximum absolute atomic E-state index is 10.7. The van der Waals surface area contributed by atoms with Gasteiger partial charge in [-0.05, 0) is 13.3 Å². The SMILES string of the molecule is C=C(C)C(=O)O.C=CC(=O)OCCC[Si](OC)(OC)OC. The minimum atomic E-state index is -2.52. The fraction of sp³-hybridized carbons (Fsp3) is 0.538. The van der Waals surface area contributed by atoms with Gasteiger partial charge in [0.1, 0.15) is 0 Å². The first-order valence-corrected chi connectivity index (χ1v) is 8.05. The molecule has 1 N–H and O–H groups in total. The van der Waals surface area contributed by atoms with Crippen molar-refractivity contribution in [2.45, 2.75) is 19.4 Å². The molecule has 122 valence electrons. The van der Waals surface area contributed by atoms with Gasteiger partial charge in [0, 0.05) is 39.0 Å². The van der Waals surface area contributed by atoms with Gasteiger partial charge in [0.05, 0.1) is 6.61 Å². The largest absolute Gasteiger partial charge is 0.500 e. The number of carboxylic acid groups (broad SMARTS) is 1. The molecule has 0 rings (SSSR count). The second-order valence-corrected chi connectivity index (χ2v) is 6.95. The molecule has 7 nitrogen and oxygen atoms in total. The van der Waals surface area contributed by atoms with E-state index in [4.69, 9.17) is 23.1 Å². The van der Waals surface area contributed by atoms with Crippen molar-refractivity contribution >= 4 is 20.7 Å². The molecular weight excluding hydrogens is 296 g/mol. The minimum Gasteiger partial charge on any atom is -0.478 e. The Balaban J connectivity index is 0. The first kappa shape index (κ1) is 21.8. The van der Waals surface area contributed by atoms with Crippen LogP contribution in [0.15, 0.2) is 24.8 Å². The molecule has 0 radical (unpaired) electrons. The van der Waals surface area contributed by atoms with Crippen LogP contribution in [0.5, 0.6) is 0 Å². The van der Waals surface area contributed by atoms with E-state index >= 15 is 0 Å². The molecule has 0 aromatic rings. The van der Waals surface area contributed by atoms with Crippen LogP contribution < -0.4 is 0 Å². The molecule has 0 saturated carbocycles. The van der Waals surface area contributed by atoms with Crippen molar-refractivity contribution in [2.75, 3.05) is 27.9 Å². The number of hydrogen-bond acceptors (Lipinski definition) is 6. The molecule has 0 fully saturated rings. The van der Waals surface area contributed by atoms with Crippen molar-refractivity contribution in [2.24, 2.45) is 0 Å². The van der Waals surface area contributed by atoms with Crippen molar-refractivity contribution in [1.82, 2.24) is 0 Å². The van der Waals surface area contributed by atoms with E-state index in [9.17, 15) is 9.59 Å². The van der Waals surface area contributed by atoms with Gasteiger partial charge in [-0.3, -0.25) is 0 Å². The standard InChI is InChI=1S/C9H18O5Si.C4H6O2/c1-5-9(10)14-7-6-8-15(11-2,12-3)13-4;1-3(2)4(5)6/h5H,1,6-8H2,2-4H3;1H2,2H3,(H,5,6). The summed E-state index contributed by atoms with van der Waals surface area (Å²) in [7, 11) is 2.13. The summed E-state index contributed by atoms with van der Waals surface area (Å²) in [4.78, 5) is 20.3. The molecule has 0 unspecified atom stereocenters. The predicted molar refractivity (Wildman–Crippen MR) is 79.8 cm³/mol. The van der Waals surface area contributed by atoms with Crippen LogP contribution in [0.1, 0.15) is 13.3 Å². The summed E-state index contributed by atoms with van der Waals surface area (Å²) < 4.78 is 20.4. The third kappa shape index (κ3) is 10.9. The molecule has 0 heterocycles. The fourth-order valence-electron chi connectivity index (χ4n) is 1.08. The number of ether oxygens (including phenoxy) is 1. The smallest absolute Gasteiger partial charge is 0.478 e. The lowest BCUT2D eigenvalue weighted by molar-refractivity contribution is -0.137. The number of carbonyl (C=O) groups is 2. The van der Waals surface area contributed by atoms with Crippen LogP contribution in [-0.4, -0.2) is 53.8 Å². The Morgan fingerprint density at radius 2 is 1.62 bits per heavy atom. The first-order valence-electron chi connectivity index (χ1n) is 6.12. The van der Waals surface area contributed by atoms with Gasteiger partial charge in [-0.2, -0.15) is 0 Å². The van der Waals surface area contributed by atoms with E-state index in [-0.39, 0.29) is 5.57 Å². The second-order valence-electron chi connectivity index (χ2n) is 3.86. The van der Waals surface area contributed by atoms with Crippen LogP contribution in [-0.2, 0) is 27.6 Å². The van der Waals surface area contributed by atoms with E-state index in [2.05, 4.69) is 13.2 Å². The van der Waals surface area contributed by atoms with Gasteiger partial charge >= 0.3 is 20.7 Å². The van der Waals surface area contributed by atoms with E-state index in [1.54, 1.807) is 21.3 Å². The maximum Gasteiger partial charge on any atom is 0.500 e. The summed E-state index contributed by atoms with van der Waals surface area (Å²) in [6, 6.07) is 0.612. The third-order valence-corrected chi connectivity index (χ3v) is 5.17. The molecule has 0 aromatic carbocycles. The molecule has 0 saturated heterocycles. The summed E-state index contributed by atoms with van der Waals surface area (Å²) in [5, 5.41) is 7.89. The summed E-state index contributed by atoms with van der Waals surface area (Å²) in [6.45, 7) is 8.21. The third-order valence-electron chi connectivity index (χ3n) is 2.34. The van der Waals surface area contributed by atoms with E-state index in [1.807, 2.05) is 0 Å². The lowest BCUT2D eigenvalue weighted by Crippen LogP contribution is -2.42. The number of esters is 1. The number of hydrogen-bond donors (Lipinski definition) is 1. The van der Waals surface area contributed by atoms with Gasteiger partial charge in [-0.15, -0.1) is 0 Å². The Bertz CT molecular complexity index is 330. The van der Waals surface area contributed by atoms with Crippen LogP contribution in [0.4, 0.5) is 0 Å². The Morgan fingerprint density at radius 3 is 1.90 bits per heavy atom. The zero-order chi connectivity index (χ0) is 16.9. The lowest BCUT2D eigenvalue weighted by Gasteiger charge is -2.23. The Morgan fingerprint density at radius 1 is 1.19 bits per heavy atom. The highest BCUT2D eigenvalue weighted by Gasteiger charge is 2.36. The van der Waals surface area contributed by atoms with E-state index in [0.717, 1.165) is 6.08 Å². The molecular formula is C13H24O7Si. The second kappa shape index (κ2) is 12.3. The molecule has 8 heteroatoms. The molecule has 0 aliphatic rings. The minimum absolute atomic E-state index is 0.176. The highest BCUT2D eigenvalue weighted by molar-refractivity contribution is 6.60. The molecule has 0 aromatic heterocycles. The Labute approximate surface area is 126 Å². The number of aliphatic carboxylic acids is 1. The van der Waals surface area contributed by atoms with Gasteiger partial charge < -0.3 is 23.1 Å². The maximum atomic E-state index is 10.7. The van der Waals surface area contributed by atoms with Crippen molar-refractivity contribution < 1.29 is 32.7 Å². The van der Waals surface area contributed by atoms with Crippen LogP contribution in [0.3, 0.4) is 0 Å². The van der Waals surface area contributed by atoms with Gasteiger partial charge in [0.15, 0.2) is 0 Å². The molecule has 0 amide bonds. The van der Waals surface area contributed by atoms with E-state index < -0.39 is 20.7 Å². The summed E-state index contributed by atoms with van der Waals surface area (Å²) in [6.07, 6.45) is 1.77. The van der Waals surface area contributed by atoms with Gasteiger partial charge in [0.2, 0.25) is 0 Å². The number of carbonyl (C=O) groups excluding carboxylic acids is 1. The number of carboxylic acids is 1. The normalized spacial score (nSPS) is 10.1. The summed E-state index contributed by atoms with van der Waals surface area (Å²) >= 11 is 0. The van der Waals surface area contributed by atoms with Gasteiger partial charge in [0.25, 0.3) is 0 Å². The zero-order valence-electron chi connectivity index (χ0n) is 13.0. The molecule has 0 aliphatic heterocycles. The topological polar surface area (TPSA) is 91.3 Å². The lowest BCUT2D eigenvalue weighted by atomic mass is 10.4. The van der Waals surface area contributed by atoms with Crippen molar-refractivity contribution in [1.29, 1.82) is 0 Å². The van der Waals surface area contributed by atoms with Crippen molar-refractivity contribution in [3.8, 4) is 0 Å². The molecule has 0 aliphatic carbocycles. The van der Waals surface area contributed by atoms with E-state index in [0.29, 0.717) is 19.1 Å². The summed E-state index contributed by atoms with van der Waals surface area (Å²) in [5.41, 5.74) is 0.176. The Hall–Kier alpha value is -1.48. The predicted octanol–water partition coefficient (Wildman–Crippen LogP) is 1.63. The average Bonchev–Trinajstić information content (AvgIpc) is 2.48. The van der Waals surface area contributed by atoms with Gasteiger partial charge in [-0.1, -0.05) is 13.2 Å². The van der Waals surface area contributed by atoms with Crippen LogP contribution >= 0.6 is 0 Å². The van der Waals surface area contributed by atoms with E-state index in [1.165, 1.54) is 6.92 Å². The van der Waals surface area contributed by atoms with Crippen LogP contribution in [0.2, 0.25) is 6.04 Å². The summed E-state index contributed by atoms with van der Waals surface area (Å²) in [5.74, 6) is -1.36. The molecule has 0 atom stereocenters. The fourth-order valence-corrected chi connectivity index (χ4v) is 2.77. The highest BCUT2D eigenvalue weighted by atomic mass is 28.4. The van der Waals surface area contributed by atoms with Crippen molar-refractivity contribution in [3.63, 3.8) is 0 Å². The molecule has 0 bridgehead atoms. The van der Waals surface area contributed by atoms with Gasteiger partial charge in [-0.25, -0.2) is 9.59 Å². The monoisotopic (exact) mass is 320 g/mol. The highest BCUT2D eigenvalue weighted by Crippen LogP contribution is 2.14. The average molecular weight is 320 g/mol.